The molecule has 7 heteroatoms. The van der Waals surface area contributed by atoms with Gasteiger partial charge in [-0.25, -0.2) is 9.37 Å². The third kappa shape index (κ3) is 5.93. The van der Waals surface area contributed by atoms with E-state index in [0.717, 1.165) is 11.3 Å². The van der Waals surface area contributed by atoms with Gasteiger partial charge in [-0.05, 0) is 36.8 Å². The number of halogens is 1. The third-order valence-corrected chi connectivity index (χ3v) is 4.24. The van der Waals surface area contributed by atoms with Crippen LogP contribution in [0.25, 0.3) is 0 Å². The lowest BCUT2D eigenvalue weighted by Crippen LogP contribution is -2.34. The number of nitrogens with one attached hydrogen (secondary N) is 1. The van der Waals surface area contributed by atoms with Crippen LogP contribution in [0.4, 0.5) is 10.1 Å². The van der Waals surface area contributed by atoms with Crippen LogP contribution in [0, 0.1) is 12.7 Å². The number of hydrogen-bond acceptors (Lipinski definition) is 4. The minimum atomic E-state index is -0.373. The molecular weight excluding hydrogens is 371 g/mol. The van der Waals surface area contributed by atoms with E-state index in [1.165, 1.54) is 36.7 Å². The summed E-state index contributed by atoms with van der Waals surface area (Å²) in [6.45, 7) is 2.35. The number of aromatic nitrogens is 2. The quantitative estimate of drug-likeness (QED) is 0.667. The minimum Gasteiger partial charge on any atom is -0.332 e. The third-order valence-electron chi connectivity index (χ3n) is 4.24. The molecule has 1 N–H and O–H groups in total. The first kappa shape index (κ1) is 20.1. The first-order chi connectivity index (χ1) is 14.0. The van der Waals surface area contributed by atoms with Gasteiger partial charge in [0, 0.05) is 31.4 Å². The van der Waals surface area contributed by atoms with Crippen LogP contribution in [-0.2, 0) is 11.3 Å². The van der Waals surface area contributed by atoms with Gasteiger partial charge in [0.1, 0.15) is 11.5 Å². The Morgan fingerprint density at radius 2 is 1.72 bits per heavy atom. The second kappa shape index (κ2) is 9.54. The highest BCUT2D eigenvalue weighted by atomic mass is 19.1. The van der Waals surface area contributed by atoms with Crippen molar-refractivity contribution in [3.05, 3.63) is 89.8 Å². The first-order valence-corrected chi connectivity index (χ1v) is 9.18. The Balaban J connectivity index is 1.68. The molecule has 3 rings (SSSR count). The van der Waals surface area contributed by atoms with Gasteiger partial charge in [-0.1, -0.05) is 30.3 Å². The van der Waals surface area contributed by atoms with Crippen LogP contribution in [-0.4, -0.2) is 33.2 Å². The number of aryl methyl sites for hydroxylation is 1. The van der Waals surface area contributed by atoms with Crippen LogP contribution in [0.2, 0.25) is 0 Å². The summed E-state index contributed by atoms with van der Waals surface area (Å²) in [5, 5.41) is 2.70. The van der Waals surface area contributed by atoms with E-state index in [4.69, 9.17) is 0 Å². The van der Waals surface area contributed by atoms with Crippen molar-refractivity contribution < 1.29 is 14.0 Å². The van der Waals surface area contributed by atoms with E-state index in [-0.39, 0.29) is 36.3 Å². The maximum absolute atomic E-state index is 13.0. The summed E-state index contributed by atoms with van der Waals surface area (Å²) in [7, 11) is 0. The number of anilines is 1. The molecule has 0 aliphatic heterocycles. The van der Waals surface area contributed by atoms with Crippen molar-refractivity contribution in [2.45, 2.75) is 19.9 Å². The molecule has 1 aromatic heterocycles. The summed E-state index contributed by atoms with van der Waals surface area (Å²) in [4.78, 5) is 35.1. The number of amides is 2. The Morgan fingerprint density at radius 3 is 2.38 bits per heavy atom. The van der Waals surface area contributed by atoms with Crippen molar-refractivity contribution in [3.8, 4) is 0 Å². The predicted molar refractivity (Wildman–Crippen MR) is 108 cm³/mol. The van der Waals surface area contributed by atoms with E-state index < -0.39 is 0 Å². The Morgan fingerprint density at radius 1 is 1.00 bits per heavy atom. The molecular formula is C22H21FN4O2. The molecule has 0 spiro atoms. The molecule has 0 bridgehead atoms. The first-order valence-electron chi connectivity index (χ1n) is 9.18. The van der Waals surface area contributed by atoms with Crippen LogP contribution in [0.3, 0.4) is 0 Å². The molecule has 0 unspecified atom stereocenters. The van der Waals surface area contributed by atoms with Gasteiger partial charge in [0.2, 0.25) is 5.91 Å². The molecule has 0 saturated carbocycles. The maximum atomic E-state index is 13.0. The molecule has 0 aliphatic rings. The summed E-state index contributed by atoms with van der Waals surface area (Å²) in [5.41, 5.74) is 2.39. The van der Waals surface area contributed by atoms with Gasteiger partial charge >= 0.3 is 0 Å². The highest BCUT2D eigenvalue weighted by Crippen LogP contribution is 2.12. The molecule has 3 aromatic rings. The lowest BCUT2D eigenvalue weighted by molar-refractivity contribution is -0.116. The zero-order valence-electron chi connectivity index (χ0n) is 16.0. The second-order valence-electron chi connectivity index (χ2n) is 6.56. The minimum absolute atomic E-state index is 0.0925. The molecule has 2 amide bonds. The summed E-state index contributed by atoms with van der Waals surface area (Å²) in [5.74, 6) is -0.935. The predicted octanol–water partition coefficient (Wildman–Crippen LogP) is 3.60. The summed E-state index contributed by atoms with van der Waals surface area (Å²) in [6, 6.07) is 15.0. The van der Waals surface area contributed by atoms with Crippen molar-refractivity contribution in [1.82, 2.24) is 14.9 Å². The van der Waals surface area contributed by atoms with Gasteiger partial charge in [0.25, 0.3) is 5.91 Å². The number of carbonyl (C=O) groups is 2. The summed E-state index contributed by atoms with van der Waals surface area (Å²) >= 11 is 0. The second-order valence-corrected chi connectivity index (χ2v) is 6.56. The normalized spacial score (nSPS) is 10.4. The van der Waals surface area contributed by atoms with E-state index >= 15 is 0 Å². The van der Waals surface area contributed by atoms with Crippen molar-refractivity contribution in [2.75, 3.05) is 11.9 Å². The molecule has 0 atom stereocenters. The van der Waals surface area contributed by atoms with Crippen LogP contribution in [0.5, 0.6) is 0 Å². The molecule has 6 nitrogen and oxygen atoms in total. The maximum Gasteiger partial charge on any atom is 0.274 e. The van der Waals surface area contributed by atoms with Gasteiger partial charge in [-0.2, -0.15) is 0 Å². The van der Waals surface area contributed by atoms with E-state index in [2.05, 4.69) is 15.3 Å². The molecule has 0 saturated heterocycles. The van der Waals surface area contributed by atoms with Crippen LogP contribution in [0.1, 0.15) is 28.2 Å². The van der Waals surface area contributed by atoms with Gasteiger partial charge < -0.3 is 10.2 Å². The Hall–Kier alpha value is -3.61. The van der Waals surface area contributed by atoms with Crippen molar-refractivity contribution in [3.63, 3.8) is 0 Å². The summed E-state index contributed by atoms with van der Waals surface area (Å²) in [6.07, 6.45) is 3.07. The Bertz CT molecular complexity index is 960. The van der Waals surface area contributed by atoms with Gasteiger partial charge in [0.15, 0.2) is 0 Å². The smallest absolute Gasteiger partial charge is 0.274 e. The molecule has 1 heterocycles. The zero-order valence-corrected chi connectivity index (χ0v) is 16.0. The molecule has 2 aromatic carbocycles. The fourth-order valence-electron chi connectivity index (χ4n) is 2.71. The highest BCUT2D eigenvalue weighted by molar-refractivity contribution is 5.93. The largest absolute Gasteiger partial charge is 0.332 e. The van der Waals surface area contributed by atoms with Crippen molar-refractivity contribution in [2.24, 2.45) is 0 Å². The number of hydrogen-bond donors (Lipinski definition) is 1. The fraction of sp³-hybridized carbons (Fsp3) is 0.182. The van der Waals surface area contributed by atoms with E-state index in [0.29, 0.717) is 12.2 Å². The molecule has 148 valence electrons. The Kier molecular flexibility index (Phi) is 6.63. The van der Waals surface area contributed by atoms with Crippen LogP contribution >= 0.6 is 0 Å². The number of benzene rings is 2. The summed E-state index contributed by atoms with van der Waals surface area (Å²) < 4.78 is 13.0. The standard InChI is InChI=1S/C22H21FN4O2/c1-16-13-25-20(14-24-16)22(29)27(15-17-5-3-2-4-6-17)12-11-21(28)26-19-9-7-18(23)8-10-19/h2-10,13-14H,11-12,15H2,1H3,(H,26,28). The molecule has 0 fully saturated rings. The van der Waals surface area contributed by atoms with Gasteiger partial charge in [-0.3, -0.25) is 14.6 Å². The molecule has 29 heavy (non-hydrogen) atoms. The van der Waals surface area contributed by atoms with Gasteiger partial charge in [0.05, 0.1) is 11.9 Å². The monoisotopic (exact) mass is 392 g/mol. The van der Waals surface area contributed by atoms with E-state index in [1.807, 2.05) is 30.3 Å². The molecule has 0 radical (unpaired) electrons. The lowest BCUT2D eigenvalue weighted by atomic mass is 10.2. The Labute approximate surface area is 168 Å². The van der Waals surface area contributed by atoms with E-state index in [9.17, 15) is 14.0 Å². The SMILES string of the molecule is Cc1cnc(C(=O)N(CCC(=O)Nc2ccc(F)cc2)Cc2ccccc2)cn1. The van der Waals surface area contributed by atoms with E-state index in [1.54, 1.807) is 11.8 Å². The van der Waals surface area contributed by atoms with Crippen molar-refractivity contribution >= 4 is 17.5 Å². The van der Waals surface area contributed by atoms with Gasteiger partial charge in [-0.15, -0.1) is 0 Å². The van der Waals surface area contributed by atoms with Crippen LogP contribution in [0.15, 0.2) is 67.0 Å². The topological polar surface area (TPSA) is 75.2 Å². The fourth-order valence-corrected chi connectivity index (χ4v) is 2.71. The highest BCUT2D eigenvalue weighted by Gasteiger charge is 2.19. The lowest BCUT2D eigenvalue weighted by Gasteiger charge is -2.22. The number of rotatable bonds is 7. The average Bonchev–Trinajstić information content (AvgIpc) is 2.73. The zero-order chi connectivity index (χ0) is 20.6. The average molecular weight is 392 g/mol. The molecule has 0 aliphatic carbocycles. The van der Waals surface area contributed by atoms with Crippen molar-refractivity contribution in [1.29, 1.82) is 0 Å². The number of carbonyl (C=O) groups excluding carboxylic acids is 2. The number of nitrogens with zero attached hydrogens (tertiary/aromatic N) is 3. The van der Waals surface area contributed by atoms with Crippen LogP contribution < -0.4 is 5.32 Å².